The van der Waals surface area contributed by atoms with Gasteiger partial charge in [-0.2, -0.15) is 4.73 Å². The van der Waals surface area contributed by atoms with Gasteiger partial charge in [0.2, 0.25) is 0 Å². The molecule has 92 valence electrons. The van der Waals surface area contributed by atoms with Gasteiger partial charge in [0.15, 0.2) is 6.20 Å². The van der Waals surface area contributed by atoms with Crippen molar-refractivity contribution in [3.05, 3.63) is 71.2 Å². The van der Waals surface area contributed by atoms with E-state index in [2.05, 4.69) is 5.48 Å². The first kappa shape index (κ1) is 12.1. The van der Waals surface area contributed by atoms with Crippen LogP contribution in [0, 0.1) is 5.21 Å². The van der Waals surface area contributed by atoms with E-state index < -0.39 is 5.91 Å². The number of rotatable bonds is 4. The topological polar surface area (TPSA) is 65.3 Å². The third-order valence-electron chi connectivity index (χ3n) is 2.30. The molecule has 5 heteroatoms. The number of nitrogens with one attached hydrogen (secondary N) is 1. The van der Waals surface area contributed by atoms with E-state index in [9.17, 15) is 10.0 Å². The molecule has 0 fully saturated rings. The van der Waals surface area contributed by atoms with Crippen molar-refractivity contribution in [3.63, 3.8) is 0 Å². The lowest BCUT2D eigenvalue weighted by Crippen LogP contribution is -2.39. The van der Waals surface area contributed by atoms with E-state index in [0.29, 0.717) is 4.73 Å². The molecule has 1 aromatic heterocycles. The van der Waals surface area contributed by atoms with Gasteiger partial charge in [-0.25, -0.2) is 5.48 Å². The average Bonchev–Trinajstić information content (AvgIpc) is 2.40. The molecule has 0 unspecified atom stereocenters. The molecule has 1 aromatic carbocycles. The van der Waals surface area contributed by atoms with Crippen LogP contribution in [0.1, 0.15) is 16.1 Å². The van der Waals surface area contributed by atoms with Crippen LogP contribution in [0.15, 0.2) is 54.7 Å². The van der Waals surface area contributed by atoms with Crippen LogP contribution in [0.2, 0.25) is 0 Å². The zero-order valence-electron chi connectivity index (χ0n) is 9.58. The Bertz CT molecular complexity index is 529. The number of hydrogen-bond acceptors (Lipinski definition) is 3. The number of pyridine rings is 1. The number of amides is 1. The molecule has 0 radical (unpaired) electrons. The summed E-state index contributed by atoms with van der Waals surface area (Å²) in [5.41, 5.74) is 3.15. The Kier molecular flexibility index (Phi) is 3.88. The minimum absolute atomic E-state index is 0.00874. The second-order valence-electron chi connectivity index (χ2n) is 3.62. The minimum Gasteiger partial charge on any atom is -0.618 e. The SMILES string of the molecule is O=C(NOCc1ccccc1)c1cccc[n+]1[O-]. The Hall–Kier alpha value is -2.40. The van der Waals surface area contributed by atoms with E-state index in [-0.39, 0.29) is 12.3 Å². The van der Waals surface area contributed by atoms with Gasteiger partial charge in [0.05, 0.1) is 6.61 Å². The molecule has 0 aliphatic carbocycles. The maximum Gasteiger partial charge on any atom is 0.340 e. The molecule has 2 rings (SSSR count). The van der Waals surface area contributed by atoms with E-state index in [4.69, 9.17) is 4.84 Å². The van der Waals surface area contributed by atoms with E-state index >= 15 is 0 Å². The van der Waals surface area contributed by atoms with Crippen LogP contribution in [-0.2, 0) is 11.4 Å². The zero-order chi connectivity index (χ0) is 12.8. The fraction of sp³-hybridized carbons (Fsp3) is 0.0769. The summed E-state index contributed by atoms with van der Waals surface area (Å²) in [6, 6.07) is 14.0. The van der Waals surface area contributed by atoms with Gasteiger partial charge in [0.25, 0.3) is 5.69 Å². The molecule has 0 bridgehead atoms. The lowest BCUT2D eigenvalue weighted by atomic mass is 10.2. The van der Waals surface area contributed by atoms with Crippen LogP contribution >= 0.6 is 0 Å². The lowest BCUT2D eigenvalue weighted by molar-refractivity contribution is -0.607. The van der Waals surface area contributed by atoms with E-state index in [1.54, 1.807) is 12.1 Å². The summed E-state index contributed by atoms with van der Waals surface area (Å²) in [7, 11) is 0. The van der Waals surface area contributed by atoms with Crippen molar-refractivity contribution in [1.29, 1.82) is 0 Å². The van der Waals surface area contributed by atoms with Crippen LogP contribution < -0.4 is 10.2 Å². The molecule has 1 amide bonds. The third-order valence-corrected chi connectivity index (χ3v) is 2.30. The van der Waals surface area contributed by atoms with Crippen LogP contribution in [0.25, 0.3) is 0 Å². The summed E-state index contributed by atoms with van der Waals surface area (Å²) in [6.07, 6.45) is 1.26. The fourth-order valence-corrected chi connectivity index (χ4v) is 1.42. The van der Waals surface area contributed by atoms with Gasteiger partial charge in [-0.15, -0.1) is 0 Å². The molecule has 0 spiro atoms. The summed E-state index contributed by atoms with van der Waals surface area (Å²) in [5, 5.41) is 11.3. The number of aromatic nitrogens is 1. The summed E-state index contributed by atoms with van der Waals surface area (Å²) in [6.45, 7) is 0.248. The van der Waals surface area contributed by atoms with Gasteiger partial charge in [-0.3, -0.25) is 9.63 Å². The molecule has 1 N–H and O–H groups in total. The monoisotopic (exact) mass is 244 g/mol. The van der Waals surface area contributed by atoms with Crippen molar-refractivity contribution in [2.75, 3.05) is 0 Å². The van der Waals surface area contributed by atoms with E-state index in [1.165, 1.54) is 12.3 Å². The van der Waals surface area contributed by atoms with Crippen molar-refractivity contribution < 1.29 is 14.4 Å². The molecule has 18 heavy (non-hydrogen) atoms. The largest absolute Gasteiger partial charge is 0.618 e. The van der Waals surface area contributed by atoms with Gasteiger partial charge in [-0.1, -0.05) is 30.3 Å². The Balaban J connectivity index is 1.88. The van der Waals surface area contributed by atoms with Crippen LogP contribution in [0.3, 0.4) is 0 Å². The first-order valence-corrected chi connectivity index (χ1v) is 5.41. The van der Waals surface area contributed by atoms with Crippen molar-refractivity contribution in [2.24, 2.45) is 0 Å². The molecular formula is C13H12N2O3. The Labute approximate surface area is 104 Å². The second kappa shape index (κ2) is 5.79. The molecule has 2 aromatic rings. The summed E-state index contributed by atoms with van der Waals surface area (Å²) in [4.78, 5) is 16.6. The Morgan fingerprint density at radius 1 is 1.17 bits per heavy atom. The molecule has 5 nitrogen and oxygen atoms in total. The first-order chi connectivity index (χ1) is 8.77. The number of benzene rings is 1. The normalized spacial score (nSPS) is 10.0. The highest BCUT2D eigenvalue weighted by molar-refractivity contribution is 5.89. The van der Waals surface area contributed by atoms with Crippen LogP contribution in [0.5, 0.6) is 0 Å². The van der Waals surface area contributed by atoms with Gasteiger partial charge in [0, 0.05) is 12.1 Å². The molecule has 1 heterocycles. The van der Waals surface area contributed by atoms with Crippen molar-refractivity contribution >= 4 is 5.91 Å². The van der Waals surface area contributed by atoms with E-state index in [0.717, 1.165) is 5.56 Å². The second-order valence-corrected chi connectivity index (χ2v) is 3.62. The Morgan fingerprint density at radius 3 is 2.61 bits per heavy atom. The highest BCUT2D eigenvalue weighted by Gasteiger charge is 2.14. The quantitative estimate of drug-likeness (QED) is 0.499. The fourth-order valence-electron chi connectivity index (χ4n) is 1.42. The van der Waals surface area contributed by atoms with Crippen molar-refractivity contribution in [3.8, 4) is 0 Å². The maximum atomic E-state index is 11.6. The molecule has 0 saturated carbocycles. The van der Waals surface area contributed by atoms with Crippen molar-refractivity contribution in [1.82, 2.24) is 5.48 Å². The summed E-state index contributed by atoms with van der Waals surface area (Å²) in [5.74, 6) is -0.568. The lowest BCUT2D eigenvalue weighted by Gasteiger charge is -2.06. The molecule has 0 saturated heterocycles. The summed E-state index contributed by atoms with van der Waals surface area (Å²) >= 11 is 0. The Morgan fingerprint density at radius 2 is 1.89 bits per heavy atom. The molecule has 0 atom stereocenters. The number of nitrogens with zero attached hydrogens (tertiary/aromatic N) is 1. The molecule has 0 aliphatic rings. The zero-order valence-corrected chi connectivity index (χ0v) is 9.58. The van der Waals surface area contributed by atoms with Gasteiger partial charge in [-0.05, 0) is 11.6 Å². The van der Waals surface area contributed by atoms with Gasteiger partial charge >= 0.3 is 5.91 Å². The van der Waals surface area contributed by atoms with Crippen molar-refractivity contribution in [2.45, 2.75) is 6.61 Å². The number of hydroxylamine groups is 1. The highest BCUT2D eigenvalue weighted by atomic mass is 16.7. The predicted octanol–water partition coefficient (Wildman–Crippen LogP) is 1.18. The van der Waals surface area contributed by atoms with E-state index in [1.807, 2.05) is 30.3 Å². The third kappa shape index (κ3) is 3.05. The minimum atomic E-state index is -0.568. The molecular weight excluding hydrogens is 232 g/mol. The standard InChI is InChI=1S/C13H12N2O3/c16-13(12-8-4-5-9-15(12)17)14-18-10-11-6-2-1-3-7-11/h1-9H,10H2,(H,14,16). The highest BCUT2D eigenvalue weighted by Crippen LogP contribution is 1.99. The smallest absolute Gasteiger partial charge is 0.340 e. The van der Waals surface area contributed by atoms with Gasteiger partial charge in [0.1, 0.15) is 0 Å². The maximum absolute atomic E-state index is 11.6. The number of hydrogen-bond donors (Lipinski definition) is 1. The van der Waals surface area contributed by atoms with Crippen LogP contribution in [-0.4, -0.2) is 5.91 Å². The predicted molar refractivity (Wildman–Crippen MR) is 64.1 cm³/mol. The van der Waals surface area contributed by atoms with Gasteiger partial charge < -0.3 is 5.21 Å². The summed E-state index contributed by atoms with van der Waals surface area (Å²) < 4.78 is 0.487. The average molecular weight is 244 g/mol. The molecule has 0 aliphatic heterocycles. The number of carbonyl (C=O) groups is 1. The first-order valence-electron chi connectivity index (χ1n) is 5.41. The number of carbonyl (C=O) groups excluding carboxylic acids is 1. The van der Waals surface area contributed by atoms with Crippen LogP contribution in [0.4, 0.5) is 0 Å².